The molecule has 0 atom stereocenters. The van der Waals surface area contributed by atoms with Crippen LogP contribution < -0.4 is 11.2 Å². The Bertz CT molecular complexity index is 704. The topological polar surface area (TPSA) is 54.9 Å². The summed E-state index contributed by atoms with van der Waals surface area (Å²) in [4.78, 5) is 26.6. The maximum atomic E-state index is 12.2. The number of fused-ring (bicyclic) bond motifs is 1. The van der Waals surface area contributed by atoms with Crippen molar-refractivity contribution in [3.05, 3.63) is 43.0 Å². The van der Waals surface area contributed by atoms with Crippen LogP contribution in [-0.4, -0.2) is 9.55 Å². The summed E-state index contributed by atoms with van der Waals surface area (Å²) in [6.45, 7) is 2.38. The van der Waals surface area contributed by atoms with Crippen LogP contribution in [0.2, 0.25) is 10.0 Å². The molecule has 6 heteroatoms. The lowest BCUT2D eigenvalue weighted by Crippen LogP contribution is -2.35. The Balaban J connectivity index is 2.77. The van der Waals surface area contributed by atoms with E-state index in [9.17, 15) is 9.59 Å². The number of rotatable bonds is 3. The molecule has 0 spiro atoms. The van der Waals surface area contributed by atoms with Crippen LogP contribution in [0.1, 0.15) is 19.8 Å². The van der Waals surface area contributed by atoms with E-state index in [1.165, 1.54) is 16.7 Å². The monoisotopic (exact) mass is 286 g/mol. The van der Waals surface area contributed by atoms with Gasteiger partial charge in [0.1, 0.15) is 0 Å². The molecule has 1 aromatic carbocycles. The zero-order valence-electron chi connectivity index (χ0n) is 9.80. The van der Waals surface area contributed by atoms with Crippen molar-refractivity contribution in [2.75, 3.05) is 0 Å². The highest BCUT2D eigenvalue weighted by Crippen LogP contribution is 2.23. The molecule has 0 aliphatic heterocycles. The zero-order valence-corrected chi connectivity index (χ0v) is 11.3. The highest BCUT2D eigenvalue weighted by molar-refractivity contribution is 6.38. The Morgan fingerprint density at radius 2 is 2.00 bits per heavy atom. The second-order valence-corrected chi connectivity index (χ2v) is 4.89. The minimum absolute atomic E-state index is 0.254. The lowest BCUT2D eigenvalue weighted by atomic mass is 10.2. The zero-order chi connectivity index (χ0) is 13.3. The highest BCUT2D eigenvalue weighted by Gasteiger charge is 2.11. The van der Waals surface area contributed by atoms with E-state index in [0.29, 0.717) is 22.5 Å². The van der Waals surface area contributed by atoms with Crippen LogP contribution in [0.4, 0.5) is 0 Å². The van der Waals surface area contributed by atoms with Gasteiger partial charge in [0.25, 0.3) is 5.56 Å². The SMILES string of the molecule is CCCCn1c(=O)[nH]c2cc(Cl)cc(Cl)c2c1=O. The van der Waals surface area contributed by atoms with Crippen LogP contribution in [0.3, 0.4) is 0 Å². The van der Waals surface area contributed by atoms with Gasteiger partial charge in [0.05, 0.1) is 15.9 Å². The minimum atomic E-state index is -0.431. The number of benzene rings is 1. The Morgan fingerprint density at radius 1 is 1.28 bits per heavy atom. The fraction of sp³-hybridized carbons (Fsp3) is 0.333. The molecule has 0 aliphatic carbocycles. The number of hydrogen-bond acceptors (Lipinski definition) is 2. The molecule has 0 saturated heterocycles. The molecule has 1 heterocycles. The molecular formula is C12H12Cl2N2O2. The summed E-state index contributed by atoms with van der Waals surface area (Å²) in [7, 11) is 0. The average Bonchev–Trinajstić information content (AvgIpc) is 2.27. The van der Waals surface area contributed by atoms with Crippen molar-refractivity contribution in [3.63, 3.8) is 0 Å². The van der Waals surface area contributed by atoms with Gasteiger partial charge in [-0.25, -0.2) is 4.79 Å². The summed E-state index contributed by atoms with van der Waals surface area (Å²) in [5.74, 6) is 0. The van der Waals surface area contributed by atoms with Gasteiger partial charge in [-0.05, 0) is 18.6 Å². The first-order valence-corrected chi connectivity index (χ1v) is 6.42. The molecule has 4 nitrogen and oxygen atoms in total. The third-order valence-corrected chi connectivity index (χ3v) is 3.25. The standard InChI is InChI=1S/C12H12Cl2N2O2/c1-2-3-4-16-11(17)10-8(14)5-7(13)6-9(10)15-12(16)18/h5-6H,2-4H2,1H3,(H,15,18). The number of nitrogens with zero attached hydrogens (tertiary/aromatic N) is 1. The summed E-state index contributed by atoms with van der Waals surface area (Å²) in [6, 6.07) is 3.02. The Kier molecular flexibility index (Phi) is 3.78. The van der Waals surface area contributed by atoms with E-state index in [0.717, 1.165) is 12.8 Å². The lowest BCUT2D eigenvalue weighted by molar-refractivity contribution is 0.589. The van der Waals surface area contributed by atoms with Crippen LogP contribution in [-0.2, 0) is 6.54 Å². The Morgan fingerprint density at radius 3 is 2.67 bits per heavy atom. The van der Waals surface area contributed by atoms with Crippen LogP contribution in [0.15, 0.2) is 21.7 Å². The van der Waals surface area contributed by atoms with Gasteiger partial charge in [0, 0.05) is 11.6 Å². The second kappa shape index (κ2) is 5.16. The van der Waals surface area contributed by atoms with Gasteiger partial charge in [0.15, 0.2) is 0 Å². The van der Waals surface area contributed by atoms with E-state index in [1.807, 2.05) is 6.92 Å². The fourth-order valence-electron chi connectivity index (χ4n) is 1.82. The molecule has 1 N–H and O–H groups in total. The van der Waals surface area contributed by atoms with Crippen LogP contribution in [0.25, 0.3) is 10.9 Å². The molecule has 96 valence electrons. The normalized spacial score (nSPS) is 11.1. The molecule has 2 aromatic rings. The van der Waals surface area contributed by atoms with Crippen LogP contribution in [0, 0.1) is 0 Å². The number of aromatic amines is 1. The first-order chi connectivity index (χ1) is 8.54. The smallest absolute Gasteiger partial charge is 0.307 e. The number of H-pyrrole nitrogens is 1. The quantitative estimate of drug-likeness (QED) is 0.943. The number of halogens is 2. The van der Waals surface area contributed by atoms with Crippen molar-refractivity contribution >= 4 is 34.1 Å². The molecule has 0 fully saturated rings. The number of hydrogen-bond donors (Lipinski definition) is 1. The van der Waals surface area contributed by atoms with E-state index >= 15 is 0 Å². The lowest BCUT2D eigenvalue weighted by Gasteiger charge is -2.07. The first kappa shape index (κ1) is 13.2. The first-order valence-electron chi connectivity index (χ1n) is 5.66. The molecule has 0 aliphatic rings. The van der Waals surface area contributed by atoms with Crippen molar-refractivity contribution in [1.29, 1.82) is 0 Å². The maximum Gasteiger partial charge on any atom is 0.328 e. The summed E-state index contributed by atoms with van der Waals surface area (Å²) in [5, 5.41) is 0.939. The average molecular weight is 287 g/mol. The predicted molar refractivity (Wildman–Crippen MR) is 73.8 cm³/mol. The number of nitrogens with one attached hydrogen (secondary N) is 1. The van der Waals surface area contributed by atoms with Gasteiger partial charge in [-0.15, -0.1) is 0 Å². The number of unbranched alkanes of at least 4 members (excludes halogenated alkanes) is 1. The molecule has 1 aromatic heterocycles. The Hall–Kier alpha value is -1.26. The van der Waals surface area contributed by atoms with Crippen molar-refractivity contribution in [1.82, 2.24) is 9.55 Å². The minimum Gasteiger partial charge on any atom is -0.307 e. The highest BCUT2D eigenvalue weighted by atomic mass is 35.5. The van der Waals surface area contributed by atoms with E-state index in [4.69, 9.17) is 23.2 Å². The summed E-state index contributed by atoms with van der Waals surface area (Å²) < 4.78 is 1.17. The van der Waals surface area contributed by atoms with Crippen molar-refractivity contribution in [3.8, 4) is 0 Å². The summed E-state index contributed by atoms with van der Waals surface area (Å²) >= 11 is 11.8. The summed E-state index contributed by atoms with van der Waals surface area (Å²) in [5.41, 5.74) is -0.432. The third kappa shape index (κ3) is 2.31. The van der Waals surface area contributed by atoms with Gasteiger partial charge in [0.2, 0.25) is 0 Å². The van der Waals surface area contributed by atoms with Crippen molar-refractivity contribution < 1.29 is 0 Å². The molecule has 0 radical (unpaired) electrons. The van der Waals surface area contributed by atoms with Gasteiger partial charge in [-0.1, -0.05) is 36.5 Å². The molecule has 0 bridgehead atoms. The fourth-order valence-corrected chi connectivity index (χ4v) is 2.39. The van der Waals surface area contributed by atoms with Crippen LogP contribution in [0.5, 0.6) is 0 Å². The van der Waals surface area contributed by atoms with Crippen molar-refractivity contribution in [2.45, 2.75) is 26.3 Å². The van der Waals surface area contributed by atoms with Crippen molar-refractivity contribution in [2.24, 2.45) is 0 Å². The van der Waals surface area contributed by atoms with E-state index in [2.05, 4.69) is 4.98 Å². The van der Waals surface area contributed by atoms with Gasteiger partial charge in [-0.3, -0.25) is 9.36 Å². The summed E-state index contributed by atoms with van der Waals surface area (Å²) in [6.07, 6.45) is 1.66. The second-order valence-electron chi connectivity index (χ2n) is 4.05. The van der Waals surface area contributed by atoms with Crippen LogP contribution >= 0.6 is 23.2 Å². The largest absolute Gasteiger partial charge is 0.328 e. The van der Waals surface area contributed by atoms with E-state index < -0.39 is 5.69 Å². The molecule has 18 heavy (non-hydrogen) atoms. The van der Waals surface area contributed by atoms with Gasteiger partial charge >= 0.3 is 5.69 Å². The molecule has 2 rings (SSSR count). The molecule has 0 unspecified atom stereocenters. The van der Waals surface area contributed by atoms with E-state index in [1.54, 1.807) is 0 Å². The molecule has 0 amide bonds. The third-order valence-electron chi connectivity index (χ3n) is 2.74. The maximum absolute atomic E-state index is 12.2. The predicted octanol–water partition coefficient (Wildman–Crippen LogP) is 2.80. The van der Waals surface area contributed by atoms with Gasteiger partial charge in [-0.2, -0.15) is 0 Å². The molecular weight excluding hydrogens is 275 g/mol. The van der Waals surface area contributed by atoms with Gasteiger partial charge < -0.3 is 4.98 Å². The number of aromatic nitrogens is 2. The Labute approximate surface area is 113 Å². The molecule has 0 saturated carbocycles. The van der Waals surface area contributed by atoms with E-state index in [-0.39, 0.29) is 10.6 Å².